The van der Waals surface area contributed by atoms with Crippen LogP contribution in [0.5, 0.6) is 11.5 Å². The van der Waals surface area contributed by atoms with Crippen LogP contribution < -0.4 is 20.1 Å². The second-order valence-electron chi connectivity index (χ2n) is 5.34. The Kier molecular flexibility index (Phi) is 12.4. The van der Waals surface area contributed by atoms with Gasteiger partial charge in [-0.15, -0.1) is 24.0 Å². The first-order chi connectivity index (χ1) is 11.5. The number of guanidine groups is 1. The molecular formula is C17H30IN3O4. The van der Waals surface area contributed by atoms with Crippen LogP contribution in [0.2, 0.25) is 0 Å². The molecule has 0 radical (unpaired) electrons. The monoisotopic (exact) mass is 467 g/mol. The minimum atomic E-state index is -0.803. The first-order valence-corrected chi connectivity index (χ1v) is 7.99. The van der Waals surface area contributed by atoms with E-state index in [2.05, 4.69) is 15.6 Å². The number of nitrogens with one attached hydrogen (secondary N) is 2. The molecule has 1 aromatic carbocycles. The van der Waals surface area contributed by atoms with Crippen LogP contribution in [0.25, 0.3) is 0 Å². The number of hydrogen-bond acceptors (Lipinski definition) is 5. The summed E-state index contributed by atoms with van der Waals surface area (Å²) in [5.74, 6) is 1.89. The van der Waals surface area contributed by atoms with E-state index in [1.807, 2.05) is 13.8 Å². The van der Waals surface area contributed by atoms with Gasteiger partial charge in [-0.1, -0.05) is 0 Å². The molecule has 3 N–H and O–H groups in total. The summed E-state index contributed by atoms with van der Waals surface area (Å²) in [5, 5.41) is 16.9. The van der Waals surface area contributed by atoms with Crippen molar-refractivity contribution in [3.8, 4) is 11.5 Å². The average Bonchev–Trinajstić information content (AvgIpc) is 2.59. The summed E-state index contributed by atoms with van der Waals surface area (Å²) in [4.78, 5) is 4.44. The smallest absolute Gasteiger partial charge is 0.191 e. The minimum Gasteiger partial charge on any atom is -0.497 e. The predicted molar refractivity (Wildman–Crippen MR) is 110 cm³/mol. The van der Waals surface area contributed by atoms with E-state index in [9.17, 15) is 5.11 Å². The van der Waals surface area contributed by atoms with E-state index >= 15 is 0 Å². The summed E-state index contributed by atoms with van der Waals surface area (Å²) in [6.45, 7) is 5.47. The van der Waals surface area contributed by atoms with Gasteiger partial charge in [0, 0.05) is 25.3 Å². The van der Waals surface area contributed by atoms with Crippen molar-refractivity contribution in [2.75, 3.05) is 41.0 Å². The summed E-state index contributed by atoms with van der Waals surface area (Å²) in [6.07, 6.45) is -0.803. The zero-order chi connectivity index (χ0) is 17.9. The molecule has 1 aromatic rings. The molecular weight excluding hydrogens is 437 g/mol. The molecule has 0 aliphatic carbocycles. The van der Waals surface area contributed by atoms with Crippen molar-refractivity contribution in [1.29, 1.82) is 0 Å². The normalized spacial score (nSPS) is 13.4. The molecule has 2 atom stereocenters. The Morgan fingerprint density at radius 1 is 1.24 bits per heavy atom. The molecule has 0 fully saturated rings. The number of halogens is 1. The molecule has 144 valence electrons. The number of hydrogen-bond donors (Lipinski definition) is 3. The number of benzene rings is 1. The Hall–Kier alpha value is -1.26. The second kappa shape index (κ2) is 13.0. The first kappa shape index (κ1) is 23.7. The van der Waals surface area contributed by atoms with Crippen molar-refractivity contribution >= 4 is 29.9 Å². The summed E-state index contributed by atoms with van der Waals surface area (Å²) in [6, 6.07) is 5.42. The fourth-order valence-corrected chi connectivity index (χ4v) is 2.22. The highest BCUT2D eigenvalue weighted by Crippen LogP contribution is 2.29. The summed E-state index contributed by atoms with van der Waals surface area (Å²) < 4.78 is 15.6. The van der Waals surface area contributed by atoms with Gasteiger partial charge in [-0.3, -0.25) is 4.99 Å². The Morgan fingerprint density at radius 3 is 2.52 bits per heavy atom. The van der Waals surface area contributed by atoms with Crippen LogP contribution in [-0.2, 0) is 4.74 Å². The summed E-state index contributed by atoms with van der Waals surface area (Å²) in [5.41, 5.74) is 0.640. The van der Waals surface area contributed by atoms with Gasteiger partial charge in [0.1, 0.15) is 17.6 Å². The molecule has 0 saturated heterocycles. The Bertz CT molecular complexity index is 529. The number of rotatable bonds is 9. The molecule has 0 heterocycles. The predicted octanol–water partition coefficient (Wildman–Crippen LogP) is 1.95. The van der Waals surface area contributed by atoms with Gasteiger partial charge in [0.25, 0.3) is 0 Å². The zero-order valence-electron chi connectivity index (χ0n) is 15.5. The van der Waals surface area contributed by atoms with Crippen LogP contribution in [0.3, 0.4) is 0 Å². The molecule has 0 saturated carbocycles. The standard InChI is InChI=1S/C17H29N3O4.HI/c1-6-18-17(20-12(2)11-22-3)19-10-15(21)14-9-13(23-4)7-8-16(14)24-5;/h7-9,12,15,21H,6,10-11H2,1-5H3,(H2,18,19,20);1H. The molecule has 0 aliphatic heterocycles. The topological polar surface area (TPSA) is 84.3 Å². The van der Waals surface area contributed by atoms with Gasteiger partial charge in [-0.2, -0.15) is 0 Å². The number of aliphatic hydroxyl groups is 1. The number of ether oxygens (including phenoxy) is 3. The highest BCUT2D eigenvalue weighted by molar-refractivity contribution is 14.0. The van der Waals surface area contributed by atoms with Crippen LogP contribution in [0.4, 0.5) is 0 Å². The van der Waals surface area contributed by atoms with Crippen LogP contribution in [0.15, 0.2) is 23.2 Å². The molecule has 0 amide bonds. The highest BCUT2D eigenvalue weighted by atomic mass is 127. The maximum Gasteiger partial charge on any atom is 0.191 e. The second-order valence-corrected chi connectivity index (χ2v) is 5.34. The SMILES string of the molecule is CCNC(=NCC(O)c1cc(OC)ccc1OC)NC(C)COC.I. The van der Waals surface area contributed by atoms with E-state index < -0.39 is 6.10 Å². The van der Waals surface area contributed by atoms with Crippen molar-refractivity contribution in [1.82, 2.24) is 10.6 Å². The number of aliphatic imine (C=N–C) groups is 1. The third-order valence-corrected chi connectivity index (χ3v) is 3.36. The van der Waals surface area contributed by atoms with Gasteiger partial charge in [0.05, 0.1) is 27.4 Å². The van der Waals surface area contributed by atoms with Crippen molar-refractivity contribution in [3.05, 3.63) is 23.8 Å². The molecule has 2 unspecified atom stereocenters. The van der Waals surface area contributed by atoms with E-state index in [4.69, 9.17) is 14.2 Å². The van der Waals surface area contributed by atoms with E-state index in [0.29, 0.717) is 29.6 Å². The molecule has 0 bridgehead atoms. The number of aliphatic hydroxyl groups excluding tert-OH is 1. The van der Waals surface area contributed by atoms with Gasteiger partial charge >= 0.3 is 0 Å². The lowest BCUT2D eigenvalue weighted by atomic mass is 10.1. The molecule has 25 heavy (non-hydrogen) atoms. The Labute approximate surface area is 167 Å². The average molecular weight is 467 g/mol. The van der Waals surface area contributed by atoms with Crippen molar-refractivity contribution in [3.63, 3.8) is 0 Å². The third-order valence-electron chi connectivity index (χ3n) is 3.36. The minimum absolute atomic E-state index is 0. The van der Waals surface area contributed by atoms with Gasteiger partial charge < -0.3 is 30.0 Å². The van der Waals surface area contributed by atoms with Gasteiger partial charge in [0.15, 0.2) is 5.96 Å². The summed E-state index contributed by atoms with van der Waals surface area (Å²) >= 11 is 0. The first-order valence-electron chi connectivity index (χ1n) is 7.99. The Balaban J connectivity index is 0.00000576. The highest BCUT2D eigenvalue weighted by Gasteiger charge is 2.15. The fraction of sp³-hybridized carbons (Fsp3) is 0.588. The van der Waals surface area contributed by atoms with Gasteiger partial charge in [-0.05, 0) is 32.0 Å². The molecule has 7 nitrogen and oxygen atoms in total. The molecule has 0 spiro atoms. The summed E-state index contributed by atoms with van der Waals surface area (Å²) in [7, 11) is 4.81. The number of methoxy groups -OCH3 is 3. The largest absolute Gasteiger partial charge is 0.497 e. The number of nitrogens with zero attached hydrogens (tertiary/aromatic N) is 1. The molecule has 0 aromatic heterocycles. The van der Waals surface area contributed by atoms with Crippen molar-refractivity contribution < 1.29 is 19.3 Å². The van der Waals surface area contributed by atoms with Gasteiger partial charge in [-0.25, -0.2) is 0 Å². The third kappa shape index (κ3) is 8.10. The van der Waals surface area contributed by atoms with E-state index in [0.717, 1.165) is 6.54 Å². The zero-order valence-corrected chi connectivity index (χ0v) is 17.9. The van der Waals surface area contributed by atoms with Crippen LogP contribution in [0.1, 0.15) is 25.5 Å². The maximum absolute atomic E-state index is 10.5. The molecule has 8 heteroatoms. The van der Waals surface area contributed by atoms with Crippen LogP contribution in [-0.4, -0.2) is 58.1 Å². The van der Waals surface area contributed by atoms with Crippen LogP contribution >= 0.6 is 24.0 Å². The van der Waals surface area contributed by atoms with Crippen LogP contribution in [0, 0.1) is 0 Å². The lowest BCUT2D eigenvalue weighted by Crippen LogP contribution is -2.44. The van der Waals surface area contributed by atoms with E-state index in [1.54, 1.807) is 39.5 Å². The van der Waals surface area contributed by atoms with Crippen molar-refractivity contribution in [2.24, 2.45) is 4.99 Å². The lowest BCUT2D eigenvalue weighted by molar-refractivity contribution is 0.177. The Morgan fingerprint density at radius 2 is 1.96 bits per heavy atom. The fourth-order valence-electron chi connectivity index (χ4n) is 2.22. The lowest BCUT2D eigenvalue weighted by Gasteiger charge is -2.18. The quantitative estimate of drug-likeness (QED) is 0.293. The van der Waals surface area contributed by atoms with Crippen molar-refractivity contribution in [2.45, 2.75) is 26.0 Å². The van der Waals surface area contributed by atoms with E-state index in [1.165, 1.54) is 0 Å². The maximum atomic E-state index is 10.5. The van der Waals surface area contributed by atoms with Gasteiger partial charge in [0.2, 0.25) is 0 Å². The molecule has 1 rings (SSSR count). The molecule has 0 aliphatic rings. The van der Waals surface area contributed by atoms with E-state index in [-0.39, 0.29) is 36.6 Å².